The molecule has 0 heterocycles. The Kier molecular flexibility index (Phi) is 4.25. The molecular formula is C15H11Cl2N. The first-order valence-electron chi connectivity index (χ1n) is 5.62. The third-order valence-corrected chi connectivity index (χ3v) is 3.52. The molecule has 0 unspecified atom stereocenters. The van der Waals surface area contributed by atoms with Gasteiger partial charge in [0.05, 0.1) is 11.6 Å². The van der Waals surface area contributed by atoms with E-state index in [0.29, 0.717) is 15.6 Å². The molecule has 2 aromatic carbocycles. The molecule has 1 nitrogen and oxygen atoms in total. The van der Waals surface area contributed by atoms with Crippen molar-refractivity contribution in [1.29, 1.82) is 5.26 Å². The van der Waals surface area contributed by atoms with E-state index in [0.717, 1.165) is 18.4 Å². The lowest BCUT2D eigenvalue weighted by Crippen LogP contribution is -1.93. The van der Waals surface area contributed by atoms with Gasteiger partial charge in [0.1, 0.15) is 0 Å². The second-order valence-electron chi connectivity index (χ2n) is 4.01. The highest BCUT2D eigenvalue weighted by Crippen LogP contribution is 2.25. The molecule has 0 aromatic heterocycles. The van der Waals surface area contributed by atoms with Gasteiger partial charge >= 0.3 is 0 Å². The first kappa shape index (κ1) is 13.0. The summed E-state index contributed by atoms with van der Waals surface area (Å²) < 4.78 is 0. The van der Waals surface area contributed by atoms with Crippen LogP contribution in [-0.2, 0) is 12.8 Å². The molecule has 0 aliphatic rings. The summed E-state index contributed by atoms with van der Waals surface area (Å²) in [4.78, 5) is 0. The topological polar surface area (TPSA) is 23.8 Å². The monoisotopic (exact) mass is 275 g/mol. The van der Waals surface area contributed by atoms with Crippen LogP contribution in [0, 0.1) is 11.3 Å². The Morgan fingerprint density at radius 2 is 1.50 bits per heavy atom. The maximum Gasteiger partial charge on any atom is 0.0991 e. The highest BCUT2D eigenvalue weighted by molar-refractivity contribution is 6.35. The van der Waals surface area contributed by atoms with Gasteiger partial charge in [-0.1, -0.05) is 41.4 Å². The van der Waals surface area contributed by atoms with Crippen molar-refractivity contribution >= 4 is 23.2 Å². The predicted octanol–water partition coefficient (Wildman–Crippen LogP) is 4.65. The molecule has 0 bridgehead atoms. The van der Waals surface area contributed by atoms with Crippen LogP contribution < -0.4 is 0 Å². The van der Waals surface area contributed by atoms with Crippen molar-refractivity contribution in [2.24, 2.45) is 0 Å². The molecule has 0 spiro atoms. The van der Waals surface area contributed by atoms with Gasteiger partial charge in [-0.05, 0) is 48.2 Å². The van der Waals surface area contributed by atoms with Gasteiger partial charge in [0.25, 0.3) is 0 Å². The highest BCUT2D eigenvalue weighted by atomic mass is 35.5. The Morgan fingerprint density at radius 3 is 2.06 bits per heavy atom. The summed E-state index contributed by atoms with van der Waals surface area (Å²) in [5.74, 6) is 0. The van der Waals surface area contributed by atoms with Crippen molar-refractivity contribution in [1.82, 2.24) is 0 Å². The zero-order chi connectivity index (χ0) is 13.0. The van der Waals surface area contributed by atoms with Crippen molar-refractivity contribution in [3.05, 3.63) is 69.2 Å². The molecule has 0 saturated heterocycles. The third kappa shape index (κ3) is 3.04. The van der Waals surface area contributed by atoms with Crippen LogP contribution in [0.1, 0.15) is 16.7 Å². The lowest BCUT2D eigenvalue weighted by Gasteiger charge is -2.06. The van der Waals surface area contributed by atoms with E-state index >= 15 is 0 Å². The van der Waals surface area contributed by atoms with Gasteiger partial charge in [0.15, 0.2) is 0 Å². The normalized spacial score (nSPS) is 10.1. The lowest BCUT2D eigenvalue weighted by atomic mass is 10.0. The molecule has 0 amide bonds. The molecule has 2 aromatic rings. The number of hydrogen-bond acceptors (Lipinski definition) is 1. The Bertz CT molecular complexity index is 562. The largest absolute Gasteiger partial charge is 0.192 e. The average Bonchev–Trinajstić information content (AvgIpc) is 2.39. The molecule has 0 aliphatic carbocycles. The van der Waals surface area contributed by atoms with Crippen LogP contribution in [0.4, 0.5) is 0 Å². The Labute approximate surface area is 117 Å². The Balaban J connectivity index is 2.09. The smallest absolute Gasteiger partial charge is 0.0991 e. The summed E-state index contributed by atoms with van der Waals surface area (Å²) in [6.07, 6.45) is 1.65. The molecule has 0 saturated carbocycles. The van der Waals surface area contributed by atoms with Crippen LogP contribution in [0.25, 0.3) is 0 Å². The first-order chi connectivity index (χ1) is 8.70. The van der Waals surface area contributed by atoms with E-state index in [2.05, 4.69) is 6.07 Å². The molecule has 0 radical (unpaired) electrons. The fraction of sp³-hybridized carbons (Fsp3) is 0.133. The molecule has 18 heavy (non-hydrogen) atoms. The number of aryl methyl sites for hydroxylation is 1. The molecule has 0 atom stereocenters. The van der Waals surface area contributed by atoms with E-state index in [-0.39, 0.29) is 0 Å². The van der Waals surface area contributed by atoms with E-state index < -0.39 is 0 Å². The van der Waals surface area contributed by atoms with Crippen LogP contribution in [0.15, 0.2) is 42.5 Å². The van der Waals surface area contributed by atoms with E-state index in [1.54, 1.807) is 0 Å². The number of nitrogens with zero attached hydrogens (tertiary/aromatic N) is 1. The van der Waals surface area contributed by atoms with Crippen molar-refractivity contribution in [2.75, 3.05) is 0 Å². The molecule has 2 rings (SSSR count). The maximum atomic E-state index is 8.72. The van der Waals surface area contributed by atoms with Crippen molar-refractivity contribution in [2.45, 2.75) is 12.8 Å². The van der Waals surface area contributed by atoms with Crippen LogP contribution in [0.3, 0.4) is 0 Å². The lowest BCUT2D eigenvalue weighted by molar-refractivity contribution is 0.960. The second-order valence-corrected chi connectivity index (χ2v) is 4.82. The number of benzene rings is 2. The van der Waals surface area contributed by atoms with Gasteiger partial charge < -0.3 is 0 Å². The van der Waals surface area contributed by atoms with E-state index in [4.69, 9.17) is 28.5 Å². The minimum Gasteiger partial charge on any atom is -0.192 e. The fourth-order valence-corrected chi connectivity index (χ4v) is 2.37. The van der Waals surface area contributed by atoms with Gasteiger partial charge in [0, 0.05) is 10.0 Å². The van der Waals surface area contributed by atoms with Crippen molar-refractivity contribution < 1.29 is 0 Å². The quantitative estimate of drug-likeness (QED) is 0.800. The summed E-state index contributed by atoms with van der Waals surface area (Å²) in [5.41, 5.74) is 2.82. The molecule has 90 valence electrons. The number of halogens is 2. The average molecular weight is 276 g/mol. The summed E-state index contributed by atoms with van der Waals surface area (Å²) in [5, 5.41) is 10.1. The van der Waals surface area contributed by atoms with Gasteiger partial charge in [-0.3, -0.25) is 0 Å². The van der Waals surface area contributed by atoms with Crippen LogP contribution in [-0.4, -0.2) is 0 Å². The standard InChI is InChI=1S/C15H11Cl2N/c16-14-2-1-3-15(17)13(14)9-8-11-4-6-12(10-18)7-5-11/h1-7H,8-9H2. The number of nitriles is 1. The van der Waals surface area contributed by atoms with Crippen LogP contribution in [0.2, 0.25) is 10.0 Å². The van der Waals surface area contributed by atoms with Crippen LogP contribution >= 0.6 is 23.2 Å². The number of rotatable bonds is 3. The predicted molar refractivity (Wildman–Crippen MR) is 75.0 cm³/mol. The minimum atomic E-state index is 0.675. The number of hydrogen-bond donors (Lipinski definition) is 0. The van der Waals surface area contributed by atoms with Gasteiger partial charge in [0.2, 0.25) is 0 Å². The molecular weight excluding hydrogens is 265 g/mol. The van der Waals surface area contributed by atoms with Crippen molar-refractivity contribution in [3.63, 3.8) is 0 Å². The van der Waals surface area contributed by atoms with Gasteiger partial charge in [-0.15, -0.1) is 0 Å². The van der Waals surface area contributed by atoms with Crippen LogP contribution in [0.5, 0.6) is 0 Å². The summed E-state index contributed by atoms with van der Waals surface area (Å²) in [6, 6.07) is 15.2. The molecule has 3 heteroatoms. The van der Waals surface area contributed by atoms with Gasteiger partial charge in [-0.2, -0.15) is 5.26 Å². The van der Waals surface area contributed by atoms with Crippen molar-refractivity contribution in [3.8, 4) is 6.07 Å². The third-order valence-electron chi connectivity index (χ3n) is 2.81. The second kappa shape index (κ2) is 5.91. The van der Waals surface area contributed by atoms with E-state index in [1.807, 2.05) is 42.5 Å². The van der Waals surface area contributed by atoms with Gasteiger partial charge in [-0.25, -0.2) is 0 Å². The zero-order valence-electron chi connectivity index (χ0n) is 9.66. The molecule has 0 aliphatic heterocycles. The summed E-state index contributed by atoms with van der Waals surface area (Å²) in [7, 11) is 0. The fourth-order valence-electron chi connectivity index (χ4n) is 1.79. The summed E-state index contributed by atoms with van der Waals surface area (Å²) >= 11 is 12.2. The zero-order valence-corrected chi connectivity index (χ0v) is 11.2. The van der Waals surface area contributed by atoms with E-state index in [9.17, 15) is 0 Å². The SMILES string of the molecule is N#Cc1ccc(CCc2c(Cl)cccc2Cl)cc1. The molecule has 0 fully saturated rings. The first-order valence-corrected chi connectivity index (χ1v) is 6.38. The Morgan fingerprint density at radius 1 is 0.889 bits per heavy atom. The van der Waals surface area contributed by atoms with E-state index in [1.165, 1.54) is 5.56 Å². The minimum absolute atomic E-state index is 0.675. The molecule has 0 N–H and O–H groups in total. The highest BCUT2D eigenvalue weighted by Gasteiger charge is 2.05. The summed E-state index contributed by atoms with van der Waals surface area (Å²) in [6.45, 7) is 0. The Hall–Kier alpha value is -1.49. The maximum absolute atomic E-state index is 8.72.